The Morgan fingerprint density at radius 2 is 2.06 bits per heavy atom. The van der Waals surface area contributed by atoms with Crippen molar-refractivity contribution in [2.75, 3.05) is 5.73 Å². The second kappa shape index (κ2) is 4.18. The van der Waals surface area contributed by atoms with Gasteiger partial charge in [0, 0.05) is 18.2 Å². The normalized spacial score (nSPS) is 10.3. The van der Waals surface area contributed by atoms with Gasteiger partial charge in [0.25, 0.3) is 0 Å². The summed E-state index contributed by atoms with van der Waals surface area (Å²) in [6.07, 6.45) is 2.21. The summed E-state index contributed by atoms with van der Waals surface area (Å²) in [7, 11) is 0. The zero-order chi connectivity index (χ0) is 11.5. The number of rotatable bonds is 2. The Morgan fingerprint density at radius 3 is 2.75 bits per heavy atom. The number of H-pyrrole nitrogens is 1. The molecule has 0 saturated carbocycles. The van der Waals surface area contributed by atoms with Gasteiger partial charge in [-0.1, -0.05) is 24.3 Å². The fourth-order valence-corrected chi connectivity index (χ4v) is 1.59. The van der Waals surface area contributed by atoms with E-state index >= 15 is 0 Å². The number of benzene rings is 1. The highest BCUT2D eigenvalue weighted by Gasteiger charge is 2.04. The predicted octanol–water partition coefficient (Wildman–Crippen LogP) is 1.25. The molecular formula is C12H13N3O. The molecule has 0 aliphatic carbocycles. The van der Waals surface area contributed by atoms with Crippen molar-refractivity contribution in [3.63, 3.8) is 0 Å². The van der Waals surface area contributed by atoms with Gasteiger partial charge in [0.2, 0.25) is 0 Å². The molecule has 1 heterocycles. The van der Waals surface area contributed by atoms with Crippen LogP contribution in [0.4, 0.5) is 5.82 Å². The van der Waals surface area contributed by atoms with E-state index in [9.17, 15) is 4.79 Å². The highest BCUT2D eigenvalue weighted by atomic mass is 16.1. The minimum absolute atomic E-state index is 0.392. The van der Waals surface area contributed by atoms with Crippen molar-refractivity contribution in [2.24, 2.45) is 0 Å². The van der Waals surface area contributed by atoms with Crippen LogP contribution in [0.5, 0.6) is 0 Å². The number of nitrogens with two attached hydrogens (primary N) is 1. The Balaban J connectivity index is 2.34. The lowest BCUT2D eigenvalue weighted by Crippen LogP contribution is -2.14. The molecule has 0 saturated heterocycles. The van der Waals surface area contributed by atoms with Crippen molar-refractivity contribution in [3.8, 4) is 0 Å². The predicted molar refractivity (Wildman–Crippen MR) is 63.3 cm³/mol. The molecule has 0 aliphatic heterocycles. The number of aryl methyl sites for hydroxylation is 1. The summed E-state index contributed by atoms with van der Waals surface area (Å²) in [6.45, 7) is 2.05. The maximum atomic E-state index is 10.9. The monoisotopic (exact) mass is 215 g/mol. The quantitative estimate of drug-likeness (QED) is 0.792. The molecule has 0 aliphatic rings. The van der Waals surface area contributed by atoms with E-state index in [-0.39, 0.29) is 0 Å². The molecule has 3 N–H and O–H groups in total. The van der Waals surface area contributed by atoms with Crippen LogP contribution in [0.3, 0.4) is 0 Å². The highest BCUT2D eigenvalue weighted by Crippen LogP contribution is 2.15. The third-order valence-corrected chi connectivity index (χ3v) is 2.57. The van der Waals surface area contributed by atoms with Gasteiger partial charge in [0.15, 0.2) is 0 Å². The Morgan fingerprint density at radius 1 is 1.31 bits per heavy atom. The summed E-state index contributed by atoms with van der Waals surface area (Å²) in [5.41, 5.74) is 8.54. The van der Waals surface area contributed by atoms with Gasteiger partial charge in [0.05, 0.1) is 0 Å². The second-order valence-corrected chi connectivity index (χ2v) is 3.73. The first-order valence-corrected chi connectivity index (χ1v) is 5.05. The number of nitrogen functional groups attached to an aromatic ring is 1. The molecule has 2 rings (SSSR count). The third-order valence-electron chi connectivity index (χ3n) is 2.57. The third kappa shape index (κ3) is 2.11. The van der Waals surface area contributed by atoms with E-state index in [4.69, 9.17) is 5.73 Å². The summed E-state index contributed by atoms with van der Waals surface area (Å²) in [6, 6.07) is 8.06. The molecule has 16 heavy (non-hydrogen) atoms. The summed E-state index contributed by atoms with van der Waals surface area (Å²) in [4.78, 5) is 17.1. The zero-order valence-corrected chi connectivity index (χ0v) is 9.03. The first kappa shape index (κ1) is 10.4. The van der Waals surface area contributed by atoms with Crippen LogP contribution in [0.2, 0.25) is 0 Å². The van der Waals surface area contributed by atoms with Gasteiger partial charge < -0.3 is 5.73 Å². The van der Waals surface area contributed by atoms with E-state index in [0.717, 1.165) is 5.56 Å². The molecule has 0 spiro atoms. The number of hydrogen-bond donors (Lipinski definition) is 2. The molecular weight excluding hydrogens is 202 g/mol. The molecule has 0 amide bonds. The zero-order valence-electron chi connectivity index (χ0n) is 9.03. The average Bonchev–Trinajstić information content (AvgIpc) is 2.25. The smallest absolute Gasteiger partial charge is 0.346 e. The average molecular weight is 215 g/mol. The van der Waals surface area contributed by atoms with Crippen molar-refractivity contribution in [1.82, 2.24) is 9.97 Å². The molecule has 0 radical (unpaired) electrons. The fraction of sp³-hybridized carbons (Fsp3) is 0.167. The minimum atomic E-state index is -0.411. The Labute approximate surface area is 93.2 Å². The summed E-state index contributed by atoms with van der Waals surface area (Å²) < 4.78 is 0. The van der Waals surface area contributed by atoms with Crippen molar-refractivity contribution in [3.05, 3.63) is 57.6 Å². The van der Waals surface area contributed by atoms with Crippen LogP contribution in [0.15, 0.2) is 35.3 Å². The van der Waals surface area contributed by atoms with Crippen molar-refractivity contribution in [2.45, 2.75) is 13.3 Å². The van der Waals surface area contributed by atoms with E-state index in [2.05, 4.69) is 9.97 Å². The van der Waals surface area contributed by atoms with Crippen LogP contribution in [0.25, 0.3) is 0 Å². The molecule has 4 heteroatoms. The fourth-order valence-electron chi connectivity index (χ4n) is 1.59. The first-order valence-electron chi connectivity index (χ1n) is 5.05. The first-order chi connectivity index (χ1) is 7.66. The van der Waals surface area contributed by atoms with Crippen LogP contribution in [0.1, 0.15) is 16.7 Å². The van der Waals surface area contributed by atoms with Crippen LogP contribution in [-0.4, -0.2) is 9.97 Å². The van der Waals surface area contributed by atoms with Crippen molar-refractivity contribution < 1.29 is 0 Å². The Kier molecular flexibility index (Phi) is 2.72. The highest BCUT2D eigenvalue weighted by molar-refractivity contribution is 5.41. The minimum Gasteiger partial charge on any atom is -0.385 e. The molecule has 0 unspecified atom stereocenters. The van der Waals surface area contributed by atoms with Gasteiger partial charge in [-0.25, -0.2) is 9.78 Å². The lowest BCUT2D eigenvalue weighted by molar-refractivity contribution is 1.02. The van der Waals surface area contributed by atoms with E-state index in [1.54, 1.807) is 0 Å². The van der Waals surface area contributed by atoms with Crippen molar-refractivity contribution >= 4 is 5.82 Å². The van der Waals surface area contributed by atoms with Gasteiger partial charge in [0.1, 0.15) is 5.82 Å². The van der Waals surface area contributed by atoms with E-state index in [1.807, 2.05) is 31.2 Å². The summed E-state index contributed by atoms with van der Waals surface area (Å²) >= 11 is 0. The standard InChI is InChI=1S/C12H13N3O/c1-8-4-2-3-5-9(8)6-10-7-14-12(16)15-11(10)13/h2-5,7H,6H2,1H3,(H3,13,14,15,16). The maximum Gasteiger partial charge on any atom is 0.346 e. The molecule has 4 nitrogen and oxygen atoms in total. The number of aromatic nitrogens is 2. The molecule has 0 fully saturated rings. The molecule has 0 bridgehead atoms. The number of aromatic amines is 1. The summed E-state index contributed by atoms with van der Waals surface area (Å²) in [5.74, 6) is 0.392. The molecule has 82 valence electrons. The lowest BCUT2D eigenvalue weighted by atomic mass is 10.0. The van der Waals surface area contributed by atoms with E-state index in [1.165, 1.54) is 17.3 Å². The SMILES string of the molecule is Cc1ccccc1Cc1cnc(=O)[nH]c1N. The van der Waals surface area contributed by atoms with E-state index in [0.29, 0.717) is 12.2 Å². The Hall–Kier alpha value is -2.10. The van der Waals surface area contributed by atoms with Crippen LogP contribution < -0.4 is 11.4 Å². The van der Waals surface area contributed by atoms with Gasteiger partial charge in [-0.2, -0.15) is 0 Å². The van der Waals surface area contributed by atoms with E-state index < -0.39 is 5.69 Å². The van der Waals surface area contributed by atoms with Gasteiger partial charge >= 0.3 is 5.69 Å². The number of nitrogens with zero attached hydrogens (tertiary/aromatic N) is 1. The molecule has 1 aromatic carbocycles. The lowest BCUT2D eigenvalue weighted by Gasteiger charge is -2.06. The van der Waals surface area contributed by atoms with Crippen molar-refractivity contribution in [1.29, 1.82) is 0 Å². The molecule has 0 atom stereocenters. The number of anilines is 1. The van der Waals surface area contributed by atoms with Gasteiger partial charge in [-0.05, 0) is 18.1 Å². The van der Waals surface area contributed by atoms with Crippen LogP contribution in [-0.2, 0) is 6.42 Å². The second-order valence-electron chi connectivity index (χ2n) is 3.73. The molecule has 1 aromatic heterocycles. The maximum absolute atomic E-state index is 10.9. The summed E-state index contributed by atoms with van der Waals surface area (Å²) in [5, 5.41) is 0. The van der Waals surface area contributed by atoms with Crippen LogP contribution >= 0.6 is 0 Å². The Bertz CT molecular complexity index is 560. The van der Waals surface area contributed by atoms with Crippen LogP contribution in [0, 0.1) is 6.92 Å². The topological polar surface area (TPSA) is 71.8 Å². The number of hydrogen-bond acceptors (Lipinski definition) is 3. The molecule has 2 aromatic rings. The largest absolute Gasteiger partial charge is 0.385 e. The van der Waals surface area contributed by atoms with Gasteiger partial charge in [-0.15, -0.1) is 0 Å². The number of nitrogens with one attached hydrogen (secondary N) is 1. The van der Waals surface area contributed by atoms with Gasteiger partial charge in [-0.3, -0.25) is 4.98 Å².